The molecule has 1 aliphatic heterocycles. The van der Waals surface area contributed by atoms with Crippen LogP contribution in [0.2, 0.25) is 0 Å². The lowest BCUT2D eigenvalue weighted by Gasteiger charge is -2.32. The third-order valence-corrected chi connectivity index (χ3v) is 4.94. The van der Waals surface area contributed by atoms with Crippen molar-refractivity contribution in [3.05, 3.63) is 29.8 Å². The van der Waals surface area contributed by atoms with Crippen LogP contribution in [-0.2, 0) is 4.79 Å². The smallest absolute Gasteiger partial charge is 0.253 e. The number of carbonyl (C=O) groups excluding carboxylic acids is 2. The van der Waals surface area contributed by atoms with Crippen LogP contribution in [0.15, 0.2) is 24.3 Å². The van der Waals surface area contributed by atoms with Gasteiger partial charge in [-0.2, -0.15) is 0 Å². The molecule has 3 atom stereocenters. The summed E-state index contributed by atoms with van der Waals surface area (Å²) in [5.41, 5.74) is 1.35. The fourth-order valence-electron chi connectivity index (χ4n) is 3.23. The van der Waals surface area contributed by atoms with E-state index in [0.717, 1.165) is 32.4 Å². The summed E-state index contributed by atoms with van der Waals surface area (Å²) in [4.78, 5) is 26.6. The van der Waals surface area contributed by atoms with Gasteiger partial charge >= 0.3 is 0 Å². The summed E-state index contributed by atoms with van der Waals surface area (Å²) in [5, 5.41) is 6.18. The zero-order valence-corrected chi connectivity index (χ0v) is 15.1. The quantitative estimate of drug-likeness (QED) is 0.876. The molecule has 6 heteroatoms. The van der Waals surface area contributed by atoms with Crippen molar-refractivity contribution in [2.75, 3.05) is 25.5 Å². The first kappa shape index (κ1) is 18.7. The number of nitrogens with zero attached hydrogens (tertiary/aromatic N) is 1. The Morgan fingerprint density at radius 2 is 2.04 bits per heavy atom. The van der Waals surface area contributed by atoms with E-state index in [1.165, 1.54) is 0 Å². The van der Waals surface area contributed by atoms with Crippen LogP contribution in [0.25, 0.3) is 0 Å². The average Bonchev–Trinajstić information content (AvgIpc) is 3.31. The van der Waals surface area contributed by atoms with Crippen LogP contribution in [-0.4, -0.2) is 42.9 Å². The van der Waals surface area contributed by atoms with E-state index in [0.29, 0.717) is 23.2 Å². The van der Waals surface area contributed by atoms with E-state index in [1.54, 1.807) is 6.07 Å². The first-order valence-electron chi connectivity index (χ1n) is 8.46. The van der Waals surface area contributed by atoms with Gasteiger partial charge in [-0.05, 0) is 50.4 Å². The van der Waals surface area contributed by atoms with Crippen molar-refractivity contribution in [1.82, 2.24) is 10.2 Å². The minimum absolute atomic E-state index is 0. The maximum atomic E-state index is 12.7. The van der Waals surface area contributed by atoms with E-state index in [2.05, 4.69) is 17.6 Å². The van der Waals surface area contributed by atoms with Crippen molar-refractivity contribution in [2.45, 2.75) is 32.2 Å². The lowest BCUT2D eigenvalue weighted by Crippen LogP contribution is -2.46. The molecule has 2 amide bonds. The zero-order chi connectivity index (χ0) is 16.4. The Morgan fingerprint density at radius 3 is 2.71 bits per heavy atom. The first-order chi connectivity index (χ1) is 11.1. The normalized spacial score (nSPS) is 25.6. The molecule has 0 spiro atoms. The van der Waals surface area contributed by atoms with Crippen molar-refractivity contribution in [1.29, 1.82) is 0 Å². The number of halogens is 1. The fraction of sp³-hybridized carbons (Fsp3) is 0.556. The van der Waals surface area contributed by atoms with Gasteiger partial charge < -0.3 is 15.5 Å². The van der Waals surface area contributed by atoms with Crippen LogP contribution in [0.3, 0.4) is 0 Å². The van der Waals surface area contributed by atoms with Gasteiger partial charge in [0.2, 0.25) is 5.91 Å². The Bertz CT molecular complexity index is 608. The Kier molecular flexibility index (Phi) is 6.24. The molecule has 0 radical (unpaired) electrons. The minimum Gasteiger partial charge on any atom is -0.337 e. The summed E-state index contributed by atoms with van der Waals surface area (Å²) >= 11 is 0. The van der Waals surface area contributed by atoms with Crippen LogP contribution in [0, 0.1) is 11.8 Å². The number of benzene rings is 1. The molecule has 1 saturated carbocycles. The van der Waals surface area contributed by atoms with Crippen LogP contribution < -0.4 is 10.6 Å². The van der Waals surface area contributed by atoms with Gasteiger partial charge in [0, 0.05) is 36.3 Å². The van der Waals surface area contributed by atoms with Crippen molar-refractivity contribution in [3.63, 3.8) is 0 Å². The lowest BCUT2D eigenvalue weighted by atomic mass is 10.0. The highest BCUT2D eigenvalue weighted by atomic mass is 35.5. The molecule has 1 aromatic carbocycles. The maximum absolute atomic E-state index is 12.7. The van der Waals surface area contributed by atoms with Gasteiger partial charge in [0.05, 0.1) is 0 Å². The highest BCUT2D eigenvalue weighted by molar-refractivity contribution is 5.98. The average molecular weight is 352 g/mol. The number of carbonyl (C=O) groups is 2. The molecule has 0 aromatic heterocycles. The molecule has 3 unspecified atom stereocenters. The molecule has 1 aromatic rings. The molecule has 2 N–H and O–H groups in total. The number of likely N-dealkylation sites (tertiary alicyclic amines) is 1. The highest BCUT2D eigenvalue weighted by Gasteiger charge is 2.39. The molecule has 132 valence electrons. The van der Waals surface area contributed by atoms with E-state index in [9.17, 15) is 9.59 Å². The number of hydrogen-bond donors (Lipinski definition) is 2. The summed E-state index contributed by atoms with van der Waals surface area (Å²) in [6.45, 7) is 3.62. The number of rotatable bonds is 4. The summed E-state index contributed by atoms with van der Waals surface area (Å²) in [6, 6.07) is 7.65. The summed E-state index contributed by atoms with van der Waals surface area (Å²) in [5.74, 6) is 0.718. The molecule has 1 aliphatic carbocycles. The van der Waals surface area contributed by atoms with E-state index in [4.69, 9.17) is 0 Å². The molecular formula is C18H26ClN3O2. The van der Waals surface area contributed by atoms with Gasteiger partial charge in [-0.3, -0.25) is 9.59 Å². The molecule has 0 bridgehead atoms. The Labute approximate surface area is 149 Å². The zero-order valence-electron chi connectivity index (χ0n) is 14.2. The minimum atomic E-state index is 0. The second-order valence-corrected chi connectivity index (χ2v) is 6.77. The molecule has 2 fully saturated rings. The molecule has 3 rings (SSSR count). The topological polar surface area (TPSA) is 61.4 Å². The predicted octanol–water partition coefficient (Wildman–Crippen LogP) is 2.53. The Morgan fingerprint density at radius 1 is 1.29 bits per heavy atom. The standard InChI is InChI=1S/C18H25N3O2.ClH/c1-12-9-16(12)17(22)20-14-6-3-5-13(10-14)18(23)21-8-4-7-15(11-21)19-2;/h3,5-6,10,12,15-16,19H,4,7-9,11H2,1-2H3,(H,20,22);1H. The van der Waals surface area contributed by atoms with E-state index >= 15 is 0 Å². The van der Waals surface area contributed by atoms with Gasteiger partial charge in [0.25, 0.3) is 5.91 Å². The Hall–Kier alpha value is -1.59. The van der Waals surface area contributed by atoms with Crippen LogP contribution in [0.1, 0.15) is 36.5 Å². The first-order valence-corrected chi connectivity index (χ1v) is 8.46. The van der Waals surface area contributed by atoms with Crippen LogP contribution in [0.5, 0.6) is 0 Å². The van der Waals surface area contributed by atoms with E-state index < -0.39 is 0 Å². The molecule has 1 saturated heterocycles. The predicted molar refractivity (Wildman–Crippen MR) is 97.6 cm³/mol. The number of hydrogen-bond acceptors (Lipinski definition) is 3. The largest absolute Gasteiger partial charge is 0.337 e. The van der Waals surface area contributed by atoms with Crippen molar-refractivity contribution < 1.29 is 9.59 Å². The third kappa shape index (κ3) is 4.28. The second kappa shape index (κ2) is 7.99. The monoisotopic (exact) mass is 351 g/mol. The SMILES string of the molecule is CNC1CCCN(C(=O)c2cccc(NC(=O)C3CC3C)c2)C1.Cl. The van der Waals surface area contributed by atoms with Gasteiger partial charge in [-0.25, -0.2) is 0 Å². The van der Waals surface area contributed by atoms with E-state index in [1.807, 2.05) is 30.1 Å². The maximum Gasteiger partial charge on any atom is 0.253 e. The number of piperidine rings is 1. The molecule has 2 aliphatic rings. The molecule has 24 heavy (non-hydrogen) atoms. The highest BCUT2D eigenvalue weighted by Crippen LogP contribution is 2.38. The van der Waals surface area contributed by atoms with Crippen LogP contribution in [0.4, 0.5) is 5.69 Å². The molecule has 1 heterocycles. The van der Waals surface area contributed by atoms with Gasteiger partial charge in [0.1, 0.15) is 0 Å². The summed E-state index contributed by atoms with van der Waals surface area (Å²) in [6.07, 6.45) is 3.09. The lowest BCUT2D eigenvalue weighted by molar-refractivity contribution is -0.117. The van der Waals surface area contributed by atoms with Crippen molar-refractivity contribution in [2.24, 2.45) is 11.8 Å². The van der Waals surface area contributed by atoms with E-state index in [-0.39, 0.29) is 30.1 Å². The molecule has 5 nitrogen and oxygen atoms in total. The third-order valence-electron chi connectivity index (χ3n) is 4.94. The number of amides is 2. The van der Waals surface area contributed by atoms with Crippen molar-refractivity contribution >= 4 is 29.9 Å². The number of nitrogens with one attached hydrogen (secondary N) is 2. The number of anilines is 1. The molecular weight excluding hydrogens is 326 g/mol. The van der Waals surface area contributed by atoms with Gasteiger partial charge in [-0.1, -0.05) is 13.0 Å². The summed E-state index contributed by atoms with van der Waals surface area (Å²) < 4.78 is 0. The fourth-order valence-corrected chi connectivity index (χ4v) is 3.23. The summed E-state index contributed by atoms with van der Waals surface area (Å²) in [7, 11) is 1.94. The Balaban J connectivity index is 0.00000208. The second-order valence-electron chi connectivity index (χ2n) is 6.77. The van der Waals surface area contributed by atoms with Gasteiger partial charge in [-0.15, -0.1) is 12.4 Å². The van der Waals surface area contributed by atoms with Crippen molar-refractivity contribution in [3.8, 4) is 0 Å². The van der Waals surface area contributed by atoms with Crippen LogP contribution >= 0.6 is 12.4 Å². The van der Waals surface area contributed by atoms with Gasteiger partial charge in [0.15, 0.2) is 0 Å². The number of likely N-dealkylation sites (N-methyl/N-ethyl adjacent to an activating group) is 1.